The van der Waals surface area contributed by atoms with Crippen LogP contribution in [-0.2, 0) is 10.0 Å². The van der Waals surface area contributed by atoms with E-state index in [2.05, 4.69) is 15.0 Å². The number of nitrogens with zero attached hydrogens (tertiary/aromatic N) is 1. The molecule has 9 heteroatoms. The lowest BCUT2D eigenvalue weighted by Crippen LogP contribution is -2.12. The number of sulfonamides is 1. The summed E-state index contributed by atoms with van der Waals surface area (Å²) >= 11 is 7.07. The first-order valence-electron chi connectivity index (χ1n) is 9.53. The van der Waals surface area contributed by atoms with Gasteiger partial charge in [0.2, 0.25) is 5.78 Å². The van der Waals surface area contributed by atoms with Crippen LogP contribution in [0, 0.1) is 6.92 Å². The van der Waals surface area contributed by atoms with Gasteiger partial charge in [0, 0.05) is 16.3 Å². The van der Waals surface area contributed by atoms with Gasteiger partial charge in [0.25, 0.3) is 10.0 Å². The van der Waals surface area contributed by atoms with Crippen molar-refractivity contribution in [3.8, 4) is 0 Å². The maximum absolute atomic E-state index is 12.8. The van der Waals surface area contributed by atoms with Crippen LogP contribution < -0.4 is 10.0 Å². The molecule has 0 aliphatic heterocycles. The highest BCUT2D eigenvalue weighted by Gasteiger charge is 2.16. The van der Waals surface area contributed by atoms with E-state index in [0.717, 1.165) is 5.56 Å². The molecule has 32 heavy (non-hydrogen) atoms. The minimum Gasteiger partial charge on any atom is -0.331 e. The highest BCUT2D eigenvalue weighted by molar-refractivity contribution is 7.92. The minimum atomic E-state index is -3.76. The number of aromatic nitrogens is 1. The van der Waals surface area contributed by atoms with Crippen molar-refractivity contribution in [2.45, 2.75) is 11.8 Å². The minimum absolute atomic E-state index is 0.0851. The monoisotopic (exact) mass is 483 g/mol. The Morgan fingerprint density at radius 1 is 0.969 bits per heavy atom. The fourth-order valence-corrected chi connectivity index (χ4v) is 4.98. The Morgan fingerprint density at radius 2 is 1.69 bits per heavy atom. The van der Waals surface area contributed by atoms with E-state index in [1.54, 1.807) is 30.3 Å². The summed E-state index contributed by atoms with van der Waals surface area (Å²) in [4.78, 5) is 17.7. The normalized spacial score (nSPS) is 11.2. The number of ketones is 1. The molecule has 4 aromatic rings. The first-order valence-corrected chi connectivity index (χ1v) is 12.2. The van der Waals surface area contributed by atoms with Gasteiger partial charge >= 0.3 is 0 Å². The van der Waals surface area contributed by atoms with E-state index in [1.807, 2.05) is 25.1 Å². The van der Waals surface area contributed by atoms with E-state index in [9.17, 15) is 13.2 Å². The van der Waals surface area contributed by atoms with Gasteiger partial charge in [0.15, 0.2) is 5.13 Å². The number of thiazole rings is 1. The number of hydrogen-bond acceptors (Lipinski definition) is 6. The maximum Gasteiger partial charge on any atom is 0.261 e. The summed E-state index contributed by atoms with van der Waals surface area (Å²) in [5.74, 6) is -0.0851. The van der Waals surface area contributed by atoms with Crippen molar-refractivity contribution in [3.63, 3.8) is 0 Å². The quantitative estimate of drug-likeness (QED) is 0.320. The second-order valence-corrected chi connectivity index (χ2v) is 10.1. The standard InChI is InChI=1S/C23H18ClN3O3S2/c1-15-5-2-3-8-20(15)22(28)21-14-25-23(31-21)26-17-6-4-7-18(13-17)27-32(29,30)19-11-9-16(24)10-12-19/h2-14,27H,1H3,(H,25,26). The van der Waals surface area contributed by atoms with Crippen molar-refractivity contribution in [1.82, 2.24) is 4.98 Å². The SMILES string of the molecule is Cc1ccccc1C(=O)c1cnc(Nc2cccc(NS(=O)(=O)c3ccc(Cl)cc3)c2)s1. The summed E-state index contributed by atoms with van der Waals surface area (Å²) in [6, 6.07) is 20.1. The zero-order chi connectivity index (χ0) is 22.7. The van der Waals surface area contributed by atoms with Gasteiger partial charge in [0.1, 0.15) is 0 Å². The predicted octanol–water partition coefficient (Wildman–Crippen LogP) is 5.88. The summed E-state index contributed by atoms with van der Waals surface area (Å²) in [5.41, 5.74) is 2.56. The molecule has 0 saturated heterocycles. The predicted molar refractivity (Wildman–Crippen MR) is 129 cm³/mol. The van der Waals surface area contributed by atoms with Crippen molar-refractivity contribution in [3.05, 3.63) is 100 Å². The third-order valence-corrected chi connectivity index (χ3v) is 7.17. The lowest BCUT2D eigenvalue weighted by molar-refractivity contribution is 0.104. The van der Waals surface area contributed by atoms with Gasteiger partial charge in [-0.3, -0.25) is 9.52 Å². The average Bonchev–Trinajstić information content (AvgIpc) is 3.22. The molecule has 3 aromatic carbocycles. The lowest BCUT2D eigenvalue weighted by Gasteiger charge is -2.10. The van der Waals surface area contributed by atoms with Crippen LogP contribution in [0.5, 0.6) is 0 Å². The largest absolute Gasteiger partial charge is 0.331 e. The number of halogens is 1. The molecular formula is C23H18ClN3O3S2. The molecule has 4 rings (SSSR count). The number of nitrogens with one attached hydrogen (secondary N) is 2. The topological polar surface area (TPSA) is 88.2 Å². The van der Waals surface area contributed by atoms with E-state index in [1.165, 1.54) is 41.8 Å². The Hall–Kier alpha value is -3.20. The molecule has 162 valence electrons. The van der Waals surface area contributed by atoms with Crippen LogP contribution in [0.15, 0.2) is 83.9 Å². The van der Waals surface area contributed by atoms with Crippen molar-refractivity contribution in [2.24, 2.45) is 0 Å². The first kappa shape index (κ1) is 22.0. The summed E-state index contributed by atoms with van der Waals surface area (Å²) in [5, 5.41) is 4.11. The van der Waals surface area contributed by atoms with Crippen LogP contribution in [0.4, 0.5) is 16.5 Å². The van der Waals surface area contributed by atoms with E-state index in [-0.39, 0.29) is 10.7 Å². The van der Waals surface area contributed by atoms with Gasteiger partial charge in [-0.2, -0.15) is 0 Å². The summed E-state index contributed by atoms with van der Waals surface area (Å²) in [6.45, 7) is 1.89. The molecule has 0 saturated carbocycles. The molecule has 0 aliphatic rings. The molecule has 0 unspecified atom stereocenters. The van der Waals surface area contributed by atoms with E-state index >= 15 is 0 Å². The average molecular weight is 484 g/mol. The van der Waals surface area contributed by atoms with Gasteiger partial charge in [-0.25, -0.2) is 13.4 Å². The Bertz CT molecular complexity index is 1380. The fraction of sp³-hybridized carbons (Fsp3) is 0.0435. The van der Waals surface area contributed by atoms with Crippen molar-refractivity contribution in [1.29, 1.82) is 0 Å². The zero-order valence-corrected chi connectivity index (χ0v) is 19.3. The molecule has 0 amide bonds. The lowest BCUT2D eigenvalue weighted by atomic mass is 10.0. The maximum atomic E-state index is 12.8. The second kappa shape index (κ2) is 9.12. The molecular weight excluding hydrogens is 466 g/mol. The van der Waals surface area contributed by atoms with E-state index in [0.29, 0.717) is 32.0 Å². The highest BCUT2D eigenvalue weighted by atomic mass is 35.5. The van der Waals surface area contributed by atoms with Crippen molar-refractivity contribution >= 4 is 55.3 Å². The molecule has 0 fully saturated rings. The van der Waals surface area contributed by atoms with Crippen LogP contribution in [-0.4, -0.2) is 19.2 Å². The Morgan fingerprint density at radius 3 is 2.44 bits per heavy atom. The third-order valence-electron chi connectivity index (χ3n) is 4.61. The summed E-state index contributed by atoms with van der Waals surface area (Å²) in [6.07, 6.45) is 1.54. The summed E-state index contributed by atoms with van der Waals surface area (Å²) in [7, 11) is -3.76. The van der Waals surface area contributed by atoms with Crippen LogP contribution >= 0.6 is 22.9 Å². The molecule has 0 radical (unpaired) electrons. The first-order chi connectivity index (χ1) is 15.3. The third kappa shape index (κ3) is 4.99. The molecule has 1 heterocycles. The second-order valence-electron chi connectivity index (χ2n) is 6.94. The molecule has 6 nitrogen and oxygen atoms in total. The van der Waals surface area contributed by atoms with Gasteiger partial charge < -0.3 is 5.32 Å². The Balaban J connectivity index is 1.50. The smallest absolute Gasteiger partial charge is 0.261 e. The molecule has 1 aromatic heterocycles. The van der Waals surface area contributed by atoms with Crippen LogP contribution in [0.3, 0.4) is 0 Å². The number of aryl methyl sites for hydroxylation is 1. The zero-order valence-electron chi connectivity index (χ0n) is 16.9. The number of carbonyl (C=O) groups excluding carboxylic acids is 1. The molecule has 0 bridgehead atoms. The number of carbonyl (C=O) groups is 1. The summed E-state index contributed by atoms with van der Waals surface area (Å²) < 4.78 is 27.8. The number of benzene rings is 3. The van der Waals surface area contributed by atoms with Crippen LogP contribution in [0.2, 0.25) is 5.02 Å². The highest BCUT2D eigenvalue weighted by Crippen LogP contribution is 2.27. The van der Waals surface area contributed by atoms with Crippen LogP contribution in [0.1, 0.15) is 20.8 Å². The van der Waals surface area contributed by atoms with Gasteiger partial charge in [-0.1, -0.05) is 53.3 Å². The molecule has 0 aliphatic carbocycles. The van der Waals surface area contributed by atoms with Gasteiger partial charge in [-0.15, -0.1) is 0 Å². The van der Waals surface area contributed by atoms with E-state index < -0.39 is 10.0 Å². The van der Waals surface area contributed by atoms with Crippen molar-refractivity contribution in [2.75, 3.05) is 10.0 Å². The molecule has 2 N–H and O–H groups in total. The van der Waals surface area contributed by atoms with Gasteiger partial charge in [0.05, 0.1) is 21.7 Å². The van der Waals surface area contributed by atoms with Crippen LogP contribution in [0.25, 0.3) is 0 Å². The molecule has 0 spiro atoms. The number of hydrogen-bond donors (Lipinski definition) is 2. The number of rotatable bonds is 7. The Kier molecular flexibility index (Phi) is 6.27. The van der Waals surface area contributed by atoms with Crippen molar-refractivity contribution < 1.29 is 13.2 Å². The number of anilines is 3. The molecule has 0 atom stereocenters. The van der Waals surface area contributed by atoms with Gasteiger partial charge in [-0.05, 0) is 55.0 Å². The van der Waals surface area contributed by atoms with E-state index in [4.69, 9.17) is 11.6 Å². The fourth-order valence-electron chi connectivity index (χ4n) is 3.01. The Labute approximate surface area is 195 Å².